The van der Waals surface area contributed by atoms with Gasteiger partial charge in [-0.3, -0.25) is 4.68 Å². The van der Waals surface area contributed by atoms with Crippen LogP contribution in [0.15, 0.2) is 55.1 Å². The lowest BCUT2D eigenvalue weighted by molar-refractivity contribution is 0.151. The molecule has 0 aliphatic carbocycles. The van der Waals surface area contributed by atoms with Gasteiger partial charge in [0.25, 0.3) is 0 Å². The van der Waals surface area contributed by atoms with Gasteiger partial charge in [-0.15, -0.1) is 0 Å². The number of hydrogen-bond donors (Lipinski definition) is 1. The van der Waals surface area contributed by atoms with E-state index >= 15 is 0 Å². The Hall–Kier alpha value is -2.08. The summed E-state index contributed by atoms with van der Waals surface area (Å²) in [6, 6.07) is 12.2. The van der Waals surface area contributed by atoms with E-state index in [-0.39, 0.29) is 6.54 Å². The number of hydrogen-bond acceptors (Lipinski definition) is 4. The molecule has 0 bridgehead atoms. The topological polar surface area (TPSA) is 60.2 Å². The number of ether oxygens (including phenoxy) is 1. The lowest BCUT2D eigenvalue weighted by Crippen LogP contribution is -2.09. The van der Waals surface area contributed by atoms with E-state index in [4.69, 9.17) is 27.9 Å². The lowest BCUT2D eigenvalue weighted by Gasteiger charge is -2.14. The van der Waals surface area contributed by atoms with E-state index in [2.05, 4.69) is 10.1 Å². The summed E-state index contributed by atoms with van der Waals surface area (Å²) in [7, 11) is 0. The Labute approximate surface area is 143 Å². The molecule has 0 aliphatic rings. The van der Waals surface area contributed by atoms with Crippen LogP contribution >= 0.6 is 23.2 Å². The van der Waals surface area contributed by atoms with Crippen LogP contribution in [-0.4, -0.2) is 19.9 Å². The summed E-state index contributed by atoms with van der Waals surface area (Å²) in [5.74, 6) is 1.23. The molecule has 1 heterocycles. The van der Waals surface area contributed by atoms with Gasteiger partial charge in [0, 0.05) is 10.6 Å². The van der Waals surface area contributed by atoms with Crippen LogP contribution in [0.3, 0.4) is 0 Å². The predicted octanol–water partition coefficient (Wildman–Crippen LogP) is 4.11. The van der Waals surface area contributed by atoms with E-state index in [1.807, 2.05) is 0 Å². The molecule has 5 nitrogen and oxygen atoms in total. The molecule has 0 spiro atoms. The van der Waals surface area contributed by atoms with Gasteiger partial charge >= 0.3 is 0 Å². The van der Waals surface area contributed by atoms with Crippen molar-refractivity contribution in [1.82, 2.24) is 14.8 Å². The van der Waals surface area contributed by atoms with Crippen molar-refractivity contribution in [3.63, 3.8) is 0 Å². The minimum atomic E-state index is -0.784. The van der Waals surface area contributed by atoms with Gasteiger partial charge < -0.3 is 9.84 Å². The Balaban J connectivity index is 1.73. The highest BCUT2D eigenvalue weighted by Crippen LogP contribution is 2.31. The van der Waals surface area contributed by atoms with Gasteiger partial charge in [0.05, 0.1) is 11.6 Å². The molecule has 3 rings (SSSR count). The van der Waals surface area contributed by atoms with Crippen molar-refractivity contribution in [2.24, 2.45) is 0 Å². The van der Waals surface area contributed by atoms with Gasteiger partial charge in [-0.05, 0) is 36.4 Å². The third-order valence-electron chi connectivity index (χ3n) is 3.21. The second-order valence-corrected chi connectivity index (χ2v) is 5.72. The van der Waals surface area contributed by atoms with Crippen LogP contribution < -0.4 is 4.74 Å². The number of benzene rings is 2. The fourth-order valence-corrected chi connectivity index (χ4v) is 2.51. The first-order valence-corrected chi connectivity index (χ1v) is 7.61. The summed E-state index contributed by atoms with van der Waals surface area (Å²) in [6.07, 6.45) is 2.17. The first kappa shape index (κ1) is 15.8. The molecule has 23 heavy (non-hydrogen) atoms. The highest BCUT2D eigenvalue weighted by atomic mass is 35.5. The van der Waals surface area contributed by atoms with Crippen molar-refractivity contribution < 1.29 is 9.84 Å². The number of nitrogens with zero attached hydrogens (tertiary/aromatic N) is 3. The van der Waals surface area contributed by atoms with Gasteiger partial charge in [0.1, 0.15) is 30.3 Å². The molecule has 0 saturated carbocycles. The highest BCUT2D eigenvalue weighted by molar-refractivity contribution is 6.31. The molecule has 0 fully saturated rings. The van der Waals surface area contributed by atoms with Crippen LogP contribution in [-0.2, 0) is 6.54 Å². The fourth-order valence-electron chi connectivity index (χ4n) is 2.08. The molecule has 3 aromatic rings. The Kier molecular flexibility index (Phi) is 4.81. The number of halogens is 2. The van der Waals surface area contributed by atoms with Crippen LogP contribution in [0, 0.1) is 0 Å². The second kappa shape index (κ2) is 7.00. The van der Waals surface area contributed by atoms with Gasteiger partial charge in [-0.2, -0.15) is 5.10 Å². The van der Waals surface area contributed by atoms with Gasteiger partial charge in [-0.25, -0.2) is 4.98 Å². The smallest absolute Gasteiger partial charge is 0.137 e. The maximum atomic E-state index is 10.3. The quantitative estimate of drug-likeness (QED) is 0.752. The molecule has 1 atom stereocenters. The molecule has 2 aromatic carbocycles. The number of aliphatic hydroxyl groups is 1. The molecular formula is C16H13Cl2N3O2. The fraction of sp³-hybridized carbons (Fsp3) is 0.125. The van der Waals surface area contributed by atoms with Crippen molar-refractivity contribution >= 4 is 23.2 Å². The molecule has 7 heteroatoms. The molecular weight excluding hydrogens is 337 g/mol. The zero-order valence-electron chi connectivity index (χ0n) is 11.9. The van der Waals surface area contributed by atoms with Crippen LogP contribution in [0.1, 0.15) is 11.7 Å². The standard InChI is InChI=1S/C16H13Cl2N3O2/c17-11-1-3-12(4-2-11)23-13-5-6-14(15(18)7-13)16(22)8-21-10-19-9-20-21/h1-7,9-10,16,22H,8H2/t16-/m1/s1. The van der Waals surface area contributed by atoms with E-state index < -0.39 is 6.10 Å². The van der Waals surface area contributed by atoms with Crippen LogP contribution in [0.4, 0.5) is 0 Å². The average molecular weight is 350 g/mol. The van der Waals surface area contributed by atoms with Gasteiger partial charge in [-0.1, -0.05) is 29.3 Å². The van der Waals surface area contributed by atoms with Crippen molar-refractivity contribution in [3.8, 4) is 11.5 Å². The highest BCUT2D eigenvalue weighted by Gasteiger charge is 2.14. The monoisotopic (exact) mass is 349 g/mol. The molecule has 118 valence electrons. The second-order valence-electron chi connectivity index (χ2n) is 4.87. The van der Waals surface area contributed by atoms with Crippen molar-refractivity contribution in [1.29, 1.82) is 0 Å². The Morgan fingerprint density at radius 3 is 2.48 bits per heavy atom. The molecule has 0 amide bonds. The molecule has 0 saturated heterocycles. The average Bonchev–Trinajstić information content (AvgIpc) is 3.02. The maximum Gasteiger partial charge on any atom is 0.137 e. The summed E-state index contributed by atoms with van der Waals surface area (Å²) >= 11 is 12.1. The van der Waals surface area contributed by atoms with Crippen molar-refractivity contribution in [2.75, 3.05) is 0 Å². The van der Waals surface area contributed by atoms with Gasteiger partial charge in [0.15, 0.2) is 0 Å². The Morgan fingerprint density at radius 1 is 1.09 bits per heavy atom. The Bertz CT molecular complexity index is 777. The number of aromatic nitrogens is 3. The molecule has 0 unspecified atom stereocenters. The summed E-state index contributed by atoms with van der Waals surface area (Å²) in [5, 5.41) is 15.3. The minimum Gasteiger partial charge on any atom is -0.457 e. The SMILES string of the molecule is O[C@H](Cn1cncn1)c1ccc(Oc2ccc(Cl)cc2)cc1Cl. The first-order valence-electron chi connectivity index (χ1n) is 6.85. The summed E-state index contributed by atoms with van der Waals surface area (Å²) < 4.78 is 7.24. The largest absolute Gasteiger partial charge is 0.457 e. The van der Waals surface area contributed by atoms with E-state index in [9.17, 15) is 5.11 Å². The van der Waals surface area contributed by atoms with E-state index in [1.165, 1.54) is 12.7 Å². The first-order chi connectivity index (χ1) is 11.1. The van der Waals surface area contributed by atoms with Crippen molar-refractivity contribution in [3.05, 3.63) is 70.7 Å². The lowest BCUT2D eigenvalue weighted by atomic mass is 10.1. The van der Waals surface area contributed by atoms with Crippen molar-refractivity contribution in [2.45, 2.75) is 12.6 Å². The van der Waals surface area contributed by atoms with E-state index in [0.29, 0.717) is 27.1 Å². The minimum absolute atomic E-state index is 0.275. The maximum absolute atomic E-state index is 10.3. The molecule has 1 N–H and O–H groups in total. The third-order valence-corrected chi connectivity index (χ3v) is 3.79. The van der Waals surface area contributed by atoms with Crippen LogP contribution in [0.2, 0.25) is 10.0 Å². The molecule has 0 aliphatic heterocycles. The molecule has 1 aromatic heterocycles. The van der Waals surface area contributed by atoms with E-state index in [1.54, 1.807) is 47.1 Å². The summed E-state index contributed by atoms with van der Waals surface area (Å²) in [6.45, 7) is 0.275. The number of rotatable bonds is 5. The Morgan fingerprint density at radius 2 is 1.83 bits per heavy atom. The zero-order valence-corrected chi connectivity index (χ0v) is 13.4. The summed E-state index contributed by atoms with van der Waals surface area (Å²) in [4.78, 5) is 3.84. The van der Waals surface area contributed by atoms with Crippen LogP contribution in [0.5, 0.6) is 11.5 Å². The third kappa shape index (κ3) is 4.01. The van der Waals surface area contributed by atoms with E-state index in [0.717, 1.165) is 0 Å². The van der Waals surface area contributed by atoms with Gasteiger partial charge in [0.2, 0.25) is 0 Å². The predicted molar refractivity (Wildman–Crippen MR) is 88.0 cm³/mol. The normalized spacial score (nSPS) is 12.1. The van der Waals surface area contributed by atoms with Crippen LogP contribution in [0.25, 0.3) is 0 Å². The zero-order chi connectivity index (χ0) is 16.2. The molecule has 0 radical (unpaired) electrons. The summed E-state index contributed by atoms with van der Waals surface area (Å²) in [5.41, 5.74) is 0.602. The number of aliphatic hydroxyl groups excluding tert-OH is 1.